The fourth-order valence-corrected chi connectivity index (χ4v) is 5.23. The van der Waals surface area contributed by atoms with E-state index < -0.39 is 10.0 Å². The molecule has 1 aliphatic heterocycles. The molecule has 1 aliphatic rings. The third-order valence-corrected chi connectivity index (χ3v) is 7.33. The quantitative estimate of drug-likeness (QED) is 0.518. The van der Waals surface area contributed by atoms with E-state index in [9.17, 15) is 8.42 Å². The number of nitrogens with zero attached hydrogens (tertiary/aromatic N) is 5. The van der Waals surface area contributed by atoms with Crippen LogP contribution in [0, 0.1) is 0 Å². The third kappa shape index (κ3) is 3.66. The van der Waals surface area contributed by atoms with Gasteiger partial charge in [0.1, 0.15) is 10.7 Å². The first-order valence-electron chi connectivity index (χ1n) is 10.2. The van der Waals surface area contributed by atoms with Gasteiger partial charge >= 0.3 is 0 Å². The molecule has 5 rings (SSSR count). The van der Waals surface area contributed by atoms with Crippen molar-refractivity contribution in [3.8, 4) is 0 Å². The lowest BCUT2D eigenvalue weighted by molar-refractivity contribution is 0.391. The molecule has 0 saturated carbocycles. The first kappa shape index (κ1) is 19.7. The lowest BCUT2D eigenvalue weighted by Gasteiger charge is -2.28. The molecule has 0 bridgehead atoms. The molecule has 1 aromatic carbocycles. The lowest BCUT2D eigenvalue weighted by atomic mass is 10.0. The number of aromatic nitrogens is 4. The number of nitrogens with one attached hydrogen (secondary N) is 1. The highest BCUT2D eigenvalue weighted by Crippen LogP contribution is 2.30. The van der Waals surface area contributed by atoms with Gasteiger partial charge in [-0.25, -0.2) is 13.4 Å². The van der Waals surface area contributed by atoms with Crippen LogP contribution < -0.4 is 5.32 Å². The van der Waals surface area contributed by atoms with E-state index in [1.54, 1.807) is 23.3 Å². The summed E-state index contributed by atoms with van der Waals surface area (Å²) in [7, 11) is -3.59. The molecule has 0 amide bonds. The zero-order chi connectivity index (χ0) is 21.4. The fourth-order valence-electron chi connectivity index (χ4n) is 3.85. The number of fused-ring (bicyclic) bond motifs is 2. The highest BCUT2D eigenvalue weighted by molar-refractivity contribution is 7.89. The van der Waals surface area contributed by atoms with Crippen LogP contribution in [0.5, 0.6) is 0 Å². The van der Waals surface area contributed by atoms with Crippen molar-refractivity contribution in [3.05, 3.63) is 72.3 Å². The van der Waals surface area contributed by atoms with Crippen molar-refractivity contribution < 1.29 is 8.42 Å². The summed E-state index contributed by atoms with van der Waals surface area (Å²) in [5.74, 6) is 0.741. The maximum Gasteiger partial charge on any atom is 0.246 e. The van der Waals surface area contributed by atoms with Crippen LogP contribution in [0.1, 0.15) is 18.1 Å². The number of hydrogen-bond acceptors (Lipinski definition) is 6. The first-order chi connectivity index (χ1) is 15.0. The number of hydrogen-bond donors (Lipinski definition) is 1. The molecular formula is C22H22N6O2S. The number of para-hydroxylation sites is 1. The van der Waals surface area contributed by atoms with Gasteiger partial charge in [0.2, 0.25) is 10.0 Å². The Bertz CT molecular complexity index is 1370. The number of aryl methyl sites for hydroxylation is 1. The minimum Gasteiger partial charge on any atom is -0.339 e. The van der Waals surface area contributed by atoms with Crippen molar-refractivity contribution in [2.75, 3.05) is 11.9 Å². The average Bonchev–Trinajstić information content (AvgIpc) is 3.29. The minimum absolute atomic E-state index is 0.229. The number of rotatable bonds is 5. The molecule has 0 unspecified atom stereocenters. The summed E-state index contributed by atoms with van der Waals surface area (Å²) in [6, 6.07) is 11.9. The van der Waals surface area contributed by atoms with Gasteiger partial charge in [0.05, 0.1) is 23.6 Å². The molecule has 158 valence electrons. The fraction of sp³-hybridized carbons (Fsp3) is 0.227. The normalized spacial score (nSPS) is 14.5. The van der Waals surface area contributed by atoms with Crippen molar-refractivity contribution >= 4 is 32.4 Å². The Balaban J connectivity index is 1.41. The van der Waals surface area contributed by atoms with Crippen LogP contribution in [0.4, 0.5) is 11.5 Å². The van der Waals surface area contributed by atoms with Gasteiger partial charge < -0.3 is 5.32 Å². The minimum atomic E-state index is -3.59. The topological polar surface area (TPSA) is 93.0 Å². The van der Waals surface area contributed by atoms with Gasteiger partial charge in [-0.2, -0.15) is 9.40 Å². The molecule has 0 atom stereocenters. The second kappa shape index (κ2) is 7.75. The third-order valence-electron chi connectivity index (χ3n) is 5.54. The van der Waals surface area contributed by atoms with Crippen molar-refractivity contribution in [1.29, 1.82) is 0 Å². The van der Waals surface area contributed by atoms with Crippen molar-refractivity contribution in [2.24, 2.45) is 0 Å². The molecule has 0 saturated heterocycles. The summed E-state index contributed by atoms with van der Waals surface area (Å²) in [6.45, 7) is 3.25. The van der Waals surface area contributed by atoms with E-state index in [4.69, 9.17) is 0 Å². The second-order valence-electron chi connectivity index (χ2n) is 7.46. The van der Waals surface area contributed by atoms with E-state index in [0.29, 0.717) is 26.1 Å². The number of benzene rings is 1. The van der Waals surface area contributed by atoms with E-state index >= 15 is 0 Å². The van der Waals surface area contributed by atoms with Crippen molar-refractivity contribution in [2.45, 2.75) is 31.3 Å². The van der Waals surface area contributed by atoms with E-state index in [0.717, 1.165) is 33.5 Å². The van der Waals surface area contributed by atoms with Gasteiger partial charge in [-0.05, 0) is 37.1 Å². The first-order valence-corrected chi connectivity index (χ1v) is 11.6. The van der Waals surface area contributed by atoms with Crippen LogP contribution >= 0.6 is 0 Å². The SMILES string of the molecule is CCn1cc(S(=O)(=O)N2CCc3c(ccnc3Nc3cnc4ccccc4c3)C2)cn1. The van der Waals surface area contributed by atoms with E-state index in [-0.39, 0.29) is 4.90 Å². The lowest BCUT2D eigenvalue weighted by Crippen LogP contribution is -2.36. The molecule has 0 fully saturated rings. The van der Waals surface area contributed by atoms with E-state index in [2.05, 4.69) is 20.4 Å². The molecule has 3 aromatic heterocycles. The smallest absolute Gasteiger partial charge is 0.246 e. The summed E-state index contributed by atoms with van der Waals surface area (Å²) >= 11 is 0. The van der Waals surface area contributed by atoms with Gasteiger partial charge in [0, 0.05) is 43.0 Å². The van der Waals surface area contributed by atoms with Crippen molar-refractivity contribution in [1.82, 2.24) is 24.1 Å². The summed E-state index contributed by atoms with van der Waals surface area (Å²) in [5, 5.41) is 8.52. The number of sulfonamides is 1. The summed E-state index contributed by atoms with van der Waals surface area (Å²) in [4.78, 5) is 9.23. The Morgan fingerprint density at radius 3 is 2.84 bits per heavy atom. The predicted octanol–water partition coefficient (Wildman–Crippen LogP) is 3.34. The highest BCUT2D eigenvalue weighted by atomic mass is 32.2. The average molecular weight is 435 g/mol. The van der Waals surface area contributed by atoms with E-state index in [1.807, 2.05) is 43.3 Å². The van der Waals surface area contributed by atoms with Gasteiger partial charge in [0.25, 0.3) is 0 Å². The second-order valence-corrected chi connectivity index (χ2v) is 9.40. The maximum absolute atomic E-state index is 13.1. The zero-order valence-corrected chi connectivity index (χ0v) is 17.9. The largest absolute Gasteiger partial charge is 0.339 e. The summed E-state index contributed by atoms with van der Waals surface area (Å²) in [6.07, 6.45) is 7.07. The molecule has 0 spiro atoms. The summed E-state index contributed by atoms with van der Waals surface area (Å²) < 4.78 is 29.2. The van der Waals surface area contributed by atoms with Gasteiger partial charge in [-0.1, -0.05) is 18.2 Å². The van der Waals surface area contributed by atoms with Crippen LogP contribution in [0.2, 0.25) is 0 Å². The Labute approximate surface area is 180 Å². The molecule has 9 heteroatoms. The molecule has 4 heterocycles. The van der Waals surface area contributed by atoms with Crippen LogP contribution in [0.25, 0.3) is 10.9 Å². The Hall–Kier alpha value is -3.30. The standard InChI is InChI=1S/C22H22N6O2S/c1-2-27-15-19(13-25-27)31(29,30)28-10-8-20-17(14-28)7-9-23-22(20)26-18-11-16-5-3-4-6-21(16)24-12-18/h3-7,9,11-13,15H,2,8,10,14H2,1H3,(H,23,26). The Kier molecular flexibility index (Phi) is 4.91. The van der Waals surface area contributed by atoms with E-state index in [1.165, 1.54) is 10.5 Å². The van der Waals surface area contributed by atoms with Crippen molar-refractivity contribution in [3.63, 3.8) is 0 Å². The van der Waals surface area contributed by atoms with Gasteiger partial charge in [-0.3, -0.25) is 9.67 Å². The van der Waals surface area contributed by atoms with Crippen LogP contribution in [-0.2, 0) is 29.5 Å². The molecular weight excluding hydrogens is 412 g/mol. The Morgan fingerprint density at radius 1 is 1.13 bits per heavy atom. The highest BCUT2D eigenvalue weighted by Gasteiger charge is 2.30. The van der Waals surface area contributed by atoms with Gasteiger partial charge in [0.15, 0.2) is 0 Å². The molecule has 4 aromatic rings. The molecule has 8 nitrogen and oxygen atoms in total. The van der Waals surface area contributed by atoms with Gasteiger partial charge in [-0.15, -0.1) is 0 Å². The number of anilines is 2. The molecule has 31 heavy (non-hydrogen) atoms. The number of pyridine rings is 2. The zero-order valence-electron chi connectivity index (χ0n) is 17.1. The monoisotopic (exact) mass is 434 g/mol. The molecule has 0 aliphatic carbocycles. The van der Waals surface area contributed by atoms with Crippen LogP contribution in [-0.4, -0.2) is 39.0 Å². The Morgan fingerprint density at radius 2 is 2.00 bits per heavy atom. The predicted molar refractivity (Wildman–Crippen MR) is 118 cm³/mol. The summed E-state index contributed by atoms with van der Waals surface area (Å²) in [5.41, 5.74) is 3.76. The molecule has 0 radical (unpaired) electrons. The maximum atomic E-state index is 13.1. The molecule has 1 N–H and O–H groups in total. The van der Waals surface area contributed by atoms with Crippen LogP contribution in [0.15, 0.2) is 66.1 Å². The van der Waals surface area contributed by atoms with Crippen LogP contribution in [0.3, 0.4) is 0 Å².